The molecule has 1 aliphatic rings. The highest BCUT2D eigenvalue weighted by atomic mass is 32.2. The van der Waals surface area contributed by atoms with Crippen molar-refractivity contribution < 1.29 is 23.4 Å². The zero-order valence-corrected chi connectivity index (χ0v) is 11.0. The van der Waals surface area contributed by atoms with Crippen LogP contribution in [0, 0.1) is 5.92 Å². The molecule has 0 bridgehead atoms. The molecule has 3 N–H and O–H groups in total. The van der Waals surface area contributed by atoms with Crippen molar-refractivity contribution in [2.75, 3.05) is 44.4 Å². The van der Waals surface area contributed by atoms with Crippen LogP contribution in [0.3, 0.4) is 0 Å². The van der Waals surface area contributed by atoms with Gasteiger partial charge in [-0.1, -0.05) is 0 Å². The Labute approximate surface area is 107 Å². The summed E-state index contributed by atoms with van der Waals surface area (Å²) in [6, 6.07) is -0.387. The van der Waals surface area contributed by atoms with Gasteiger partial charge in [-0.25, -0.2) is 13.2 Å². The lowest BCUT2D eigenvalue weighted by Crippen LogP contribution is -2.44. The van der Waals surface area contributed by atoms with Crippen LogP contribution >= 0.6 is 0 Å². The number of rotatable bonds is 6. The Kier molecular flexibility index (Phi) is 5.83. The Morgan fingerprint density at radius 1 is 1.28 bits per heavy atom. The topological polar surface area (TPSA) is 107 Å². The van der Waals surface area contributed by atoms with Gasteiger partial charge in [-0.05, 0) is 12.3 Å². The number of aliphatic hydroxyl groups is 2. The van der Waals surface area contributed by atoms with E-state index in [1.54, 1.807) is 0 Å². The monoisotopic (exact) mass is 280 g/mol. The molecule has 1 unspecified atom stereocenters. The van der Waals surface area contributed by atoms with Crippen LogP contribution in [0.5, 0.6) is 0 Å². The minimum absolute atomic E-state index is 0.0379. The largest absolute Gasteiger partial charge is 0.395 e. The first-order chi connectivity index (χ1) is 8.48. The van der Waals surface area contributed by atoms with Gasteiger partial charge in [0.25, 0.3) is 0 Å². The minimum atomic E-state index is -2.93. The van der Waals surface area contributed by atoms with Crippen molar-refractivity contribution in [3.05, 3.63) is 0 Å². The lowest BCUT2D eigenvalue weighted by atomic mass is 10.1. The van der Waals surface area contributed by atoms with E-state index in [4.69, 9.17) is 10.2 Å². The van der Waals surface area contributed by atoms with Gasteiger partial charge in [-0.3, -0.25) is 0 Å². The summed E-state index contributed by atoms with van der Waals surface area (Å²) < 4.78 is 22.5. The average molecular weight is 280 g/mol. The molecule has 0 aliphatic carbocycles. The van der Waals surface area contributed by atoms with Crippen molar-refractivity contribution in [2.45, 2.75) is 6.42 Å². The summed E-state index contributed by atoms with van der Waals surface area (Å²) in [5.41, 5.74) is 0. The maximum absolute atomic E-state index is 11.7. The zero-order valence-electron chi connectivity index (χ0n) is 10.2. The summed E-state index contributed by atoms with van der Waals surface area (Å²) in [7, 11) is -2.93. The van der Waals surface area contributed by atoms with E-state index in [1.165, 1.54) is 4.90 Å². The van der Waals surface area contributed by atoms with E-state index in [9.17, 15) is 13.2 Å². The van der Waals surface area contributed by atoms with Crippen molar-refractivity contribution >= 4 is 15.9 Å². The van der Waals surface area contributed by atoms with Crippen LogP contribution in [-0.2, 0) is 9.84 Å². The van der Waals surface area contributed by atoms with Gasteiger partial charge in [0.05, 0.1) is 24.7 Å². The molecule has 1 aliphatic heterocycles. The number of carbonyl (C=O) groups excluding carboxylic acids is 1. The summed E-state index contributed by atoms with van der Waals surface area (Å²) in [6.45, 7) is 0.257. The van der Waals surface area contributed by atoms with E-state index in [0.717, 1.165) is 0 Å². The van der Waals surface area contributed by atoms with Crippen molar-refractivity contribution in [1.82, 2.24) is 10.2 Å². The molecule has 8 heteroatoms. The van der Waals surface area contributed by atoms with Gasteiger partial charge in [0.1, 0.15) is 0 Å². The van der Waals surface area contributed by atoms with E-state index in [2.05, 4.69) is 5.32 Å². The summed E-state index contributed by atoms with van der Waals surface area (Å²) in [6.07, 6.45) is 0.572. The number of hydrogen-bond donors (Lipinski definition) is 3. The smallest absolute Gasteiger partial charge is 0.317 e. The molecule has 2 amide bonds. The third kappa shape index (κ3) is 4.79. The molecule has 1 fully saturated rings. The molecule has 7 nitrogen and oxygen atoms in total. The molecule has 0 aromatic heterocycles. The summed E-state index contributed by atoms with van der Waals surface area (Å²) in [5, 5.41) is 20.2. The lowest BCUT2D eigenvalue weighted by Gasteiger charge is -2.22. The highest BCUT2D eigenvalue weighted by molar-refractivity contribution is 7.91. The van der Waals surface area contributed by atoms with Gasteiger partial charge < -0.3 is 20.4 Å². The molecule has 0 saturated carbocycles. The molecular weight excluding hydrogens is 260 g/mol. The van der Waals surface area contributed by atoms with Crippen LogP contribution in [0.2, 0.25) is 0 Å². The number of carbonyl (C=O) groups is 1. The van der Waals surface area contributed by atoms with Gasteiger partial charge in [-0.15, -0.1) is 0 Å². The normalized spacial score (nSPS) is 21.8. The van der Waals surface area contributed by atoms with E-state index in [-0.39, 0.29) is 49.8 Å². The van der Waals surface area contributed by atoms with Crippen LogP contribution in [0.15, 0.2) is 0 Å². The standard InChI is InChI=1S/C10H20N2O5S/c13-4-2-12(3-5-14)10(15)11-7-9-1-6-18(16,17)8-9/h9,13-14H,1-8H2,(H,11,15). The van der Waals surface area contributed by atoms with Crippen molar-refractivity contribution in [2.24, 2.45) is 5.92 Å². The summed E-state index contributed by atoms with van der Waals surface area (Å²) in [4.78, 5) is 13.0. The minimum Gasteiger partial charge on any atom is -0.395 e. The fraction of sp³-hybridized carbons (Fsp3) is 0.900. The van der Waals surface area contributed by atoms with Crippen molar-refractivity contribution in [3.8, 4) is 0 Å². The fourth-order valence-electron chi connectivity index (χ4n) is 1.93. The Balaban J connectivity index is 2.35. The second-order valence-corrected chi connectivity index (χ2v) is 6.62. The first kappa shape index (κ1) is 15.2. The average Bonchev–Trinajstić information content (AvgIpc) is 2.66. The van der Waals surface area contributed by atoms with Gasteiger partial charge in [0, 0.05) is 19.6 Å². The quantitative estimate of drug-likeness (QED) is 0.544. The number of nitrogens with one attached hydrogen (secondary N) is 1. The molecule has 1 atom stereocenters. The van der Waals surface area contributed by atoms with Gasteiger partial charge in [0.2, 0.25) is 0 Å². The van der Waals surface area contributed by atoms with Gasteiger partial charge >= 0.3 is 6.03 Å². The highest BCUT2D eigenvalue weighted by Crippen LogP contribution is 2.17. The molecule has 106 valence electrons. The maximum Gasteiger partial charge on any atom is 0.317 e. The molecule has 1 heterocycles. The zero-order chi connectivity index (χ0) is 13.6. The Hall–Kier alpha value is -0.860. The molecule has 0 aromatic carbocycles. The van der Waals surface area contributed by atoms with Crippen molar-refractivity contribution in [3.63, 3.8) is 0 Å². The van der Waals surface area contributed by atoms with Crippen LogP contribution in [0.25, 0.3) is 0 Å². The lowest BCUT2D eigenvalue weighted by molar-refractivity contribution is 0.157. The van der Waals surface area contributed by atoms with Crippen LogP contribution < -0.4 is 5.32 Å². The van der Waals surface area contributed by atoms with Crippen LogP contribution in [0.4, 0.5) is 4.79 Å². The number of amides is 2. The van der Waals surface area contributed by atoms with Gasteiger partial charge in [-0.2, -0.15) is 0 Å². The number of urea groups is 1. The molecule has 1 saturated heterocycles. The van der Waals surface area contributed by atoms with Crippen LogP contribution in [0.1, 0.15) is 6.42 Å². The number of nitrogens with zero attached hydrogens (tertiary/aromatic N) is 1. The number of hydrogen-bond acceptors (Lipinski definition) is 5. The first-order valence-corrected chi connectivity index (χ1v) is 7.75. The summed E-state index contributed by atoms with van der Waals surface area (Å²) in [5.74, 6) is 0.265. The summed E-state index contributed by atoms with van der Waals surface area (Å²) >= 11 is 0. The Morgan fingerprint density at radius 2 is 1.89 bits per heavy atom. The second-order valence-electron chi connectivity index (χ2n) is 4.39. The predicted molar refractivity (Wildman–Crippen MR) is 65.9 cm³/mol. The van der Waals surface area contributed by atoms with E-state index in [0.29, 0.717) is 13.0 Å². The van der Waals surface area contributed by atoms with Crippen LogP contribution in [-0.4, -0.2) is 73.9 Å². The fourth-order valence-corrected chi connectivity index (χ4v) is 3.79. The number of sulfone groups is 1. The SMILES string of the molecule is O=C(NCC1CCS(=O)(=O)C1)N(CCO)CCO. The third-order valence-electron chi connectivity index (χ3n) is 2.90. The maximum atomic E-state index is 11.7. The Morgan fingerprint density at radius 3 is 2.33 bits per heavy atom. The first-order valence-electron chi connectivity index (χ1n) is 5.93. The molecule has 1 rings (SSSR count). The molecular formula is C10H20N2O5S. The van der Waals surface area contributed by atoms with Gasteiger partial charge in [0.15, 0.2) is 9.84 Å². The van der Waals surface area contributed by atoms with E-state index >= 15 is 0 Å². The highest BCUT2D eigenvalue weighted by Gasteiger charge is 2.28. The third-order valence-corrected chi connectivity index (χ3v) is 4.73. The molecule has 0 spiro atoms. The van der Waals surface area contributed by atoms with E-state index in [1.807, 2.05) is 0 Å². The Bertz CT molecular complexity index is 364. The van der Waals surface area contributed by atoms with Crippen molar-refractivity contribution in [1.29, 1.82) is 0 Å². The molecule has 0 radical (unpaired) electrons. The molecule has 18 heavy (non-hydrogen) atoms. The second kappa shape index (κ2) is 6.91. The van der Waals surface area contributed by atoms with E-state index < -0.39 is 9.84 Å². The predicted octanol–water partition coefficient (Wildman–Crippen LogP) is -1.58. The number of aliphatic hydroxyl groups excluding tert-OH is 2. The molecule has 0 aromatic rings.